The maximum absolute atomic E-state index is 13.8. The highest BCUT2D eigenvalue weighted by Gasteiger charge is 2.30. The zero-order valence-corrected chi connectivity index (χ0v) is 23.2. The molecule has 5 rings (SSSR count). The molecular formula is C29H18N2O14. The number of ether oxygens (including phenoxy) is 1. The summed E-state index contributed by atoms with van der Waals surface area (Å²) in [7, 11) is 1.20. The Bertz CT molecular complexity index is 2330. The summed E-state index contributed by atoms with van der Waals surface area (Å²) in [5, 5.41) is 43.5. The zero-order valence-electron chi connectivity index (χ0n) is 23.2. The first-order valence-corrected chi connectivity index (χ1v) is 12.6. The van der Waals surface area contributed by atoms with Crippen LogP contribution in [0.25, 0.3) is 44.2 Å². The van der Waals surface area contributed by atoms with Gasteiger partial charge in [-0.25, -0.2) is 4.79 Å². The molecule has 0 atom stereocenters. The molecule has 3 aromatic carbocycles. The number of nitrogens with zero attached hydrogens (tertiary/aromatic N) is 2. The van der Waals surface area contributed by atoms with Gasteiger partial charge in [-0.15, -0.1) is 9.81 Å². The number of benzene rings is 3. The smallest absolute Gasteiger partial charge is 0.340 e. The number of rotatable bonds is 7. The number of methoxy groups -OCH3 is 1. The van der Waals surface area contributed by atoms with Crippen molar-refractivity contribution in [1.82, 2.24) is 0 Å². The second kappa shape index (κ2) is 10.8. The summed E-state index contributed by atoms with van der Waals surface area (Å²) in [5.74, 6) is -7.32. The van der Waals surface area contributed by atoms with Crippen LogP contribution in [0, 0.1) is 16.7 Å². The molecule has 0 unspecified atom stereocenters. The van der Waals surface area contributed by atoms with Gasteiger partial charge in [-0.05, 0) is 30.7 Å². The van der Waals surface area contributed by atoms with Crippen LogP contribution >= 0.6 is 0 Å². The highest BCUT2D eigenvalue weighted by molar-refractivity contribution is 6.14. The van der Waals surface area contributed by atoms with Gasteiger partial charge >= 0.3 is 11.9 Å². The van der Waals surface area contributed by atoms with E-state index in [1.807, 2.05) is 0 Å². The van der Waals surface area contributed by atoms with Gasteiger partial charge in [0.2, 0.25) is 5.43 Å². The number of Topliss-reactive ketones (excluding diaryl/α,β-unsaturated/α-hetero) is 1. The number of fused-ring (bicyclic) bond motifs is 3. The first-order chi connectivity index (χ1) is 21.3. The van der Waals surface area contributed by atoms with Crippen molar-refractivity contribution < 1.29 is 48.4 Å². The van der Waals surface area contributed by atoms with Crippen LogP contribution in [-0.4, -0.2) is 45.2 Å². The van der Waals surface area contributed by atoms with E-state index in [0.29, 0.717) is 0 Å². The number of carbonyl (C=O) groups excluding carboxylic acids is 2. The lowest BCUT2D eigenvalue weighted by atomic mass is 9.91. The van der Waals surface area contributed by atoms with Gasteiger partial charge < -0.3 is 34.0 Å². The number of phenols is 3. The molecule has 5 aromatic rings. The lowest BCUT2D eigenvalue weighted by Gasteiger charge is -2.17. The van der Waals surface area contributed by atoms with Crippen molar-refractivity contribution in [3.8, 4) is 28.6 Å². The third-order valence-corrected chi connectivity index (χ3v) is 7.18. The molecule has 0 aliphatic carbocycles. The first kappa shape index (κ1) is 30.2. The maximum atomic E-state index is 13.8. The maximum Gasteiger partial charge on any atom is 0.340 e. The molecule has 2 heterocycles. The number of aromatic hydroxyl groups is 3. The first-order valence-electron chi connectivity index (χ1n) is 12.6. The SMILES string of the molecule is COCc1c(-c2cc3c(=O)c4c(C(=O)O)c(O)c(O)cc4oc3c(C(C)=O)c2C)oc2cc(O)c(N=O)c(C(=O)N=O)c2c1=O. The van der Waals surface area contributed by atoms with Crippen LogP contribution in [-0.2, 0) is 11.3 Å². The van der Waals surface area contributed by atoms with Gasteiger partial charge in [0, 0.05) is 30.0 Å². The lowest BCUT2D eigenvalue weighted by molar-refractivity contribution is 0.0694. The lowest BCUT2D eigenvalue weighted by Crippen LogP contribution is -2.16. The van der Waals surface area contributed by atoms with Crippen LogP contribution in [0.4, 0.5) is 5.69 Å². The Kier molecular flexibility index (Phi) is 7.22. The minimum atomic E-state index is -1.78. The van der Waals surface area contributed by atoms with Crippen LogP contribution < -0.4 is 10.9 Å². The van der Waals surface area contributed by atoms with Crippen molar-refractivity contribution in [2.75, 3.05) is 7.11 Å². The van der Waals surface area contributed by atoms with E-state index in [4.69, 9.17) is 13.6 Å². The zero-order chi connectivity index (χ0) is 33.1. The van der Waals surface area contributed by atoms with Gasteiger partial charge in [0.05, 0.1) is 39.5 Å². The Morgan fingerprint density at radius 2 is 1.51 bits per heavy atom. The highest BCUT2D eigenvalue weighted by atomic mass is 16.5. The topological polar surface area (TPSA) is 261 Å². The normalized spacial score (nSPS) is 11.3. The number of nitroso groups, excluding NO2 is 2. The summed E-state index contributed by atoms with van der Waals surface area (Å²) in [5.41, 5.74) is -6.74. The third-order valence-electron chi connectivity index (χ3n) is 7.18. The monoisotopic (exact) mass is 618 g/mol. The van der Waals surface area contributed by atoms with E-state index in [2.05, 4.69) is 10.4 Å². The van der Waals surface area contributed by atoms with Gasteiger partial charge in [0.1, 0.15) is 33.8 Å². The molecule has 0 saturated heterocycles. The van der Waals surface area contributed by atoms with Crippen LogP contribution in [0.15, 0.2) is 47.0 Å². The number of phenolic OH excluding ortho intramolecular Hbond substituents is 2. The highest BCUT2D eigenvalue weighted by Crippen LogP contribution is 2.41. The fourth-order valence-corrected chi connectivity index (χ4v) is 5.29. The average Bonchev–Trinajstić information content (AvgIpc) is 2.98. The van der Waals surface area contributed by atoms with Crippen LogP contribution in [0.1, 0.15) is 49.1 Å². The summed E-state index contributed by atoms with van der Waals surface area (Å²) in [6, 6.07) is 2.72. The van der Waals surface area contributed by atoms with E-state index in [9.17, 15) is 54.2 Å². The fourth-order valence-electron chi connectivity index (χ4n) is 5.29. The Balaban J connectivity index is 2.03. The third kappa shape index (κ3) is 4.39. The van der Waals surface area contributed by atoms with Crippen molar-refractivity contribution >= 4 is 56.3 Å². The number of hydrogen-bond acceptors (Lipinski definition) is 14. The molecule has 0 spiro atoms. The van der Waals surface area contributed by atoms with Crippen molar-refractivity contribution in [1.29, 1.82) is 0 Å². The van der Waals surface area contributed by atoms with E-state index in [-0.39, 0.29) is 33.6 Å². The van der Waals surface area contributed by atoms with Gasteiger partial charge in [-0.1, -0.05) is 0 Å². The average molecular weight is 618 g/mol. The molecule has 0 aliphatic rings. The van der Waals surface area contributed by atoms with Crippen LogP contribution in [0.3, 0.4) is 0 Å². The number of aromatic carboxylic acids is 1. The Labute approximate surface area is 247 Å². The predicted octanol–water partition coefficient (Wildman–Crippen LogP) is 4.50. The molecule has 1 amide bonds. The summed E-state index contributed by atoms with van der Waals surface area (Å²) in [4.78, 5) is 87.5. The van der Waals surface area contributed by atoms with Crippen LogP contribution in [0.5, 0.6) is 17.2 Å². The summed E-state index contributed by atoms with van der Waals surface area (Å²) in [6.45, 7) is 2.03. The molecule has 0 bridgehead atoms. The van der Waals surface area contributed by atoms with E-state index in [1.54, 1.807) is 0 Å². The van der Waals surface area contributed by atoms with Crippen molar-refractivity contribution in [2.24, 2.45) is 10.4 Å². The molecule has 228 valence electrons. The molecule has 16 heteroatoms. The standard InChI is InChI=1S/C29H18N2O14/c1-8-10(26-12(7-43-3)24(36)18-15(44-26)5-13(33)22(30-41)20(18)28(38)31-42)4-11-23(35)19-16(45-27(11)17(8)9(2)32)6-14(34)25(37)21(19)29(39)40/h4-6,33-34,37H,7H2,1-3H3,(H,39,40). The number of ketones is 1. The number of carbonyl (C=O) groups is 3. The molecule has 0 fully saturated rings. The van der Waals surface area contributed by atoms with E-state index >= 15 is 0 Å². The number of amides is 1. The van der Waals surface area contributed by atoms with Crippen molar-refractivity contribution in [3.63, 3.8) is 0 Å². The minimum absolute atomic E-state index is 0.0834. The van der Waals surface area contributed by atoms with Gasteiger partial charge in [-0.3, -0.25) is 19.2 Å². The van der Waals surface area contributed by atoms with Gasteiger partial charge in [0.15, 0.2) is 28.4 Å². The summed E-state index contributed by atoms with van der Waals surface area (Å²) < 4.78 is 16.8. The summed E-state index contributed by atoms with van der Waals surface area (Å²) >= 11 is 0. The molecule has 2 aromatic heterocycles. The second-order valence-corrected chi connectivity index (χ2v) is 9.74. The second-order valence-electron chi connectivity index (χ2n) is 9.74. The number of carboxylic acid groups (broad SMARTS) is 1. The largest absolute Gasteiger partial charge is 0.505 e. The van der Waals surface area contributed by atoms with Crippen LogP contribution in [0.2, 0.25) is 0 Å². The van der Waals surface area contributed by atoms with Crippen molar-refractivity contribution in [2.45, 2.75) is 20.5 Å². The van der Waals surface area contributed by atoms with Gasteiger partial charge in [-0.2, -0.15) is 0 Å². The quantitative estimate of drug-likeness (QED) is 0.0847. The molecule has 16 nitrogen and oxygen atoms in total. The number of hydrogen-bond donors (Lipinski definition) is 4. The molecule has 4 N–H and O–H groups in total. The Hall–Kier alpha value is -6.29. The Morgan fingerprint density at radius 1 is 0.889 bits per heavy atom. The molecular weight excluding hydrogens is 600 g/mol. The number of carboxylic acids is 1. The van der Waals surface area contributed by atoms with E-state index in [0.717, 1.165) is 25.1 Å². The molecule has 0 saturated carbocycles. The van der Waals surface area contributed by atoms with E-state index in [1.165, 1.54) is 14.0 Å². The van der Waals surface area contributed by atoms with E-state index < -0.39 is 96.5 Å². The predicted molar refractivity (Wildman–Crippen MR) is 154 cm³/mol. The van der Waals surface area contributed by atoms with Crippen molar-refractivity contribution in [3.05, 3.63) is 76.3 Å². The fraction of sp³-hybridized carbons (Fsp3) is 0.138. The molecule has 0 radical (unpaired) electrons. The Morgan fingerprint density at radius 3 is 2.09 bits per heavy atom. The minimum Gasteiger partial charge on any atom is -0.505 e. The van der Waals surface area contributed by atoms with Gasteiger partial charge in [0.25, 0.3) is 0 Å². The molecule has 0 aliphatic heterocycles. The summed E-state index contributed by atoms with van der Waals surface area (Å²) in [6.07, 6.45) is 0. The molecule has 45 heavy (non-hydrogen) atoms.